The molecule has 0 rings (SSSR count). The Bertz CT molecular complexity index is 233. The molecule has 0 aromatic rings. The van der Waals surface area contributed by atoms with Gasteiger partial charge in [0.05, 0.1) is 11.8 Å². The first kappa shape index (κ1) is 8.14. The van der Waals surface area contributed by atoms with E-state index in [1.807, 2.05) is 0 Å². The summed E-state index contributed by atoms with van der Waals surface area (Å²) in [5, 5.41) is 7.85. The summed E-state index contributed by atoms with van der Waals surface area (Å²) in [5.41, 5.74) is 0. The summed E-state index contributed by atoms with van der Waals surface area (Å²) in [4.78, 5) is 0. The number of nitrogens with zero attached hydrogens (tertiary/aromatic N) is 1. The van der Waals surface area contributed by atoms with Gasteiger partial charge in [0.1, 0.15) is 0 Å². The predicted octanol–water partition coefficient (Wildman–Crippen LogP) is -0.0460. The van der Waals surface area contributed by atoms with E-state index in [2.05, 4.69) is 0 Å². The van der Waals surface area contributed by atoms with Crippen molar-refractivity contribution in [3.63, 3.8) is 0 Å². The van der Waals surface area contributed by atoms with E-state index in [1.54, 1.807) is 6.07 Å². The summed E-state index contributed by atoms with van der Waals surface area (Å²) >= 11 is 0. The Kier molecular flexibility index (Phi) is 2.91. The van der Waals surface area contributed by atoms with Gasteiger partial charge in [-0.2, -0.15) is 13.7 Å². The lowest BCUT2D eigenvalue weighted by Crippen LogP contribution is -1.99. The number of allylic oxidation sites excluding steroid dienone is 1. The Morgan fingerprint density at radius 3 is 2.56 bits per heavy atom. The molecule has 0 aliphatic heterocycles. The van der Waals surface area contributed by atoms with E-state index in [-0.39, 0.29) is 0 Å². The number of nitriles is 1. The molecule has 0 atom stereocenters. The van der Waals surface area contributed by atoms with Gasteiger partial charge in [0.25, 0.3) is 10.1 Å². The molecule has 4 nitrogen and oxygen atoms in total. The van der Waals surface area contributed by atoms with Gasteiger partial charge in [-0.1, -0.05) is 6.08 Å². The molecule has 0 spiro atoms. The lowest BCUT2D eigenvalue weighted by Gasteiger charge is -1.83. The SMILES string of the molecule is N#C/C=C\CS(=O)(=O)O. The molecule has 0 aromatic carbocycles. The fourth-order valence-corrected chi connectivity index (χ4v) is 0.562. The van der Waals surface area contributed by atoms with Crippen LogP contribution in [0, 0.1) is 11.3 Å². The Morgan fingerprint density at radius 2 is 2.22 bits per heavy atom. The molecular weight excluding hydrogens is 142 g/mol. The molecule has 0 aliphatic rings. The average molecular weight is 147 g/mol. The molecule has 0 radical (unpaired) electrons. The summed E-state index contributed by atoms with van der Waals surface area (Å²) in [6.45, 7) is 0. The number of hydrogen-bond acceptors (Lipinski definition) is 3. The van der Waals surface area contributed by atoms with Gasteiger partial charge in [-0.25, -0.2) is 0 Å². The Labute approximate surface area is 53.2 Å². The van der Waals surface area contributed by atoms with Crippen LogP contribution >= 0.6 is 0 Å². The summed E-state index contributed by atoms with van der Waals surface area (Å²) < 4.78 is 27.9. The van der Waals surface area contributed by atoms with Crippen molar-refractivity contribution in [2.75, 3.05) is 5.75 Å². The third kappa shape index (κ3) is 7.14. The van der Waals surface area contributed by atoms with Crippen molar-refractivity contribution >= 4 is 10.1 Å². The molecule has 0 unspecified atom stereocenters. The number of rotatable bonds is 2. The van der Waals surface area contributed by atoms with Gasteiger partial charge in [0, 0.05) is 6.08 Å². The molecule has 0 amide bonds. The van der Waals surface area contributed by atoms with Gasteiger partial charge in [-0.3, -0.25) is 4.55 Å². The normalized spacial score (nSPS) is 11.6. The van der Waals surface area contributed by atoms with Crippen LogP contribution in [-0.4, -0.2) is 18.7 Å². The summed E-state index contributed by atoms with van der Waals surface area (Å²) in [6.07, 6.45) is 2.06. The van der Waals surface area contributed by atoms with Crippen molar-refractivity contribution in [1.29, 1.82) is 5.26 Å². The molecule has 50 valence electrons. The molecule has 0 bridgehead atoms. The van der Waals surface area contributed by atoms with E-state index in [1.165, 1.54) is 0 Å². The van der Waals surface area contributed by atoms with Crippen LogP contribution in [0.3, 0.4) is 0 Å². The van der Waals surface area contributed by atoms with Crippen molar-refractivity contribution in [3.8, 4) is 6.07 Å². The molecule has 0 fully saturated rings. The van der Waals surface area contributed by atoms with Crippen LogP contribution in [0.2, 0.25) is 0 Å². The standard InChI is InChI=1S/C4H5NO3S/c5-3-1-2-4-9(6,7)8/h1-2H,4H2,(H,6,7,8)/b2-1-. The van der Waals surface area contributed by atoms with Crippen molar-refractivity contribution in [3.05, 3.63) is 12.2 Å². The molecule has 0 aliphatic carbocycles. The molecule has 0 aromatic heterocycles. The minimum Gasteiger partial charge on any atom is -0.285 e. The van der Waals surface area contributed by atoms with Gasteiger partial charge >= 0.3 is 0 Å². The number of hydrogen-bond donors (Lipinski definition) is 1. The maximum Gasteiger partial charge on any atom is 0.268 e. The molecule has 9 heavy (non-hydrogen) atoms. The monoisotopic (exact) mass is 147 g/mol. The smallest absolute Gasteiger partial charge is 0.268 e. The van der Waals surface area contributed by atoms with Crippen molar-refractivity contribution < 1.29 is 13.0 Å². The van der Waals surface area contributed by atoms with E-state index < -0.39 is 15.9 Å². The first-order valence-corrected chi connectivity index (χ1v) is 3.67. The van der Waals surface area contributed by atoms with E-state index in [4.69, 9.17) is 9.81 Å². The van der Waals surface area contributed by atoms with Crippen LogP contribution in [0.1, 0.15) is 0 Å². The highest BCUT2D eigenvalue weighted by molar-refractivity contribution is 7.85. The maximum atomic E-state index is 9.90. The molecule has 1 N–H and O–H groups in total. The van der Waals surface area contributed by atoms with E-state index in [0.717, 1.165) is 12.2 Å². The summed E-state index contributed by atoms with van der Waals surface area (Å²) in [5.74, 6) is -0.499. The highest BCUT2D eigenvalue weighted by atomic mass is 32.2. The minimum absolute atomic E-state index is 0.499. The van der Waals surface area contributed by atoms with Crippen LogP contribution < -0.4 is 0 Å². The van der Waals surface area contributed by atoms with Gasteiger partial charge in [0.15, 0.2) is 0 Å². The third-order valence-corrected chi connectivity index (χ3v) is 1.11. The van der Waals surface area contributed by atoms with Gasteiger partial charge < -0.3 is 0 Å². The van der Waals surface area contributed by atoms with Crippen molar-refractivity contribution in [2.24, 2.45) is 0 Å². The largest absolute Gasteiger partial charge is 0.285 e. The first-order valence-electron chi connectivity index (χ1n) is 2.06. The molecule has 5 heteroatoms. The minimum atomic E-state index is -3.93. The lowest BCUT2D eigenvalue weighted by atomic mass is 10.6. The van der Waals surface area contributed by atoms with E-state index in [0.29, 0.717) is 0 Å². The van der Waals surface area contributed by atoms with Crippen LogP contribution in [-0.2, 0) is 10.1 Å². The second kappa shape index (κ2) is 3.22. The second-order valence-electron chi connectivity index (χ2n) is 1.28. The molecule has 0 heterocycles. The zero-order valence-corrected chi connectivity index (χ0v) is 5.30. The fourth-order valence-electron chi connectivity index (χ4n) is 0.222. The van der Waals surface area contributed by atoms with Gasteiger partial charge in [-0.15, -0.1) is 0 Å². The van der Waals surface area contributed by atoms with E-state index in [9.17, 15) is 8.42 Å². The highest BCUT2D eigenvalue weighted by Gasteiger charge is 1.97. The summed E-state index contributed by atoms with van der Waals surface area (Å²) in [6, 6.07) is 1.58. The van der Waals surface area contributed by atoms with Gasteiger partial charge in [0.2, 0.25) is 0 Å². The fraction of sp³-hybridized carbons (Fsp3) is 0.250. The molecule has 0 saturated heterocycles. The van der Waals surface area contributed by atoms with Crippen LogP contribution in [0.5, 0.6) is 0 Å². The van der Waals surface area contributed by atoms with Crippen LogP contribution in [0.4, 0.5) is 0 Å². The van der Waals surface area contributed by atoms with Crippen molar-refractivity contribution in [1.82, 2.24) is 0 Å². The topological polar surface area (TPSA) is 78.2 Å². The lowest BCUT2D eigenvalue weighted by molar-refractivity contribution is 0.487. The first-order chi connectivity index (χ1) is 4.06. The zero-order chi connectivity index (χ0) is 7.33. The molecular formula is C4H5NO3S. The van der Waals surface area contributed by atoms with Crippen molar-refractivity contribution in [2.45, 2.75) is 0 Å². The maximum absolute atomic E-state index is 9.90. The quantitative estimate of drug-likeness (QED) is 0.439. The zero-order valence-electron chi connectivity index (χ0n) is 4.48. The Morgan fingerprint density at radius 1 is 1.67 bits per heavy atom. The third-order valence-electron chi connectivity index (χ3n) is 0.499. The summed E-state index contributed by atoms with van der Waals surface area (Å²) in [7, 11) is -3.93. The average Bonchev–Trinajstić information content (AvgIpc) is 1.63. The second-order valence-corrected chi connectivity index (χ2v) is 2.78. The molecule has 0 saturated carbocycles. The van der Waals surface area contributed by atoms with E-state index >= 15 is 0 Å². The Hall–Kier alpha value is -0.860. The van der Waals surface area contributed by atoms with Crippen LogP contribution in [0.15, 0.2) is 12.2 Å². The van der Waals surface area contributed by atoms with Crippen LogP contribution in [0.25, 0.3) is 0 Å². The predicted molar refractivity (Wildman–Crippen MR) is 31.2 cm³/mol. The highest BCUT2D eigenvalue weighted by Crippen LogP contribution is 1.81. The Balaban J connectivity index is 3.83. The van der Waals surface area contributed by atoms with Gasteiger partial charge in [-0.05, 0) is 0 Å².